The summed E-state index contributed by atoms with van der Waals surface area (Å²) in [5.41, 5.74) is 0.0834. The van der Waals surface area contributed by atoms with E-state index in [1.54, 1.807) is 0 Å². The molecule has 1 unspecified atom stereocenters. The Morgan fingerprint density at radius 1 is 1.41 bits per heavy atom. The number of hydrogen-bond donors (Lipinski definition) is 0. The molecular formula is C12H11BrF2O2. The zero-order valence-electron chi connectivity index (χ0n) is 9.17. The van der Waals surface area contributed by atoms with E-state index in [9.17, 15) is 13.6 Å². The second-order valence-electron chi connectivity index (χ2n) is 4.13. The molecule has 1 atom stereocenters. The first-order valence-corrected chi connectivity index (χ1v) is 6.06. The summed E-state index contributed by atoms with van der Waals surface area (Å²) in [6, 6.07) is 2.11. The SMILES string of the molecule is COC(=O)C(c1cc(F)c(Br)cc1F)C1CC1. The van der Waals surface area contributed by atoms with Crippen molar-refractivity contribution in [1.82, 2.24) is 0 Å². The van der Waals surface area contributed by atoms with Crippen LogP contribution in [0.1, 0.15) is 24.3 Å². The van der Waals surface area contributed by atoms with E-state index in [0.29, 0.717) is 0 Å². The molecule has 1 fully saturated rings. The third kappa shape index (κ3) is 2.49. The van der Waals surface area contributed by atoms with Gasteiger partial charge in [0.05, 0.1) is 17.5 Å². The van der Waals surface area contributed by atoms with Crippen molar-refractivity contribution in [2.24, 2.45) is 5.92 Å². The monoisotopic (exact) mass is 304 g/mol. The summed E-state index contributed by atoms with van der Waals surface area (Å²) in [5.74, 6) is -2.29. The summed E-state index contributed by atoms with van der Waals surface area (Å²) >= 11 is 2.90. The molecule has 1 aliphatic rings. The van der Waals surface area contributed by atoms with Gasteiger partial charge in [0.2, 0.25) is 0 Å². The van der Waals surface area contributed by atoms with Crippen LogP contribution < -0.4 is 0 Å². The van der Waals surface area contributed by atoms with Crippen molar-refractivity contribution >= 4 is 21.9 Å². The highest BCUT2D eigenvalue weighted by molar-refractivity contribution is 9.10. The molecule has 0 N–H and O–H groups in total. The minimum Gasteiger partial charge on any atom is -0.469 e. The second-order valence-corrected chi connectivity index (χ2v) is 4.98. The van der Waals surface area contributed by atoms with Gasteiger partial charge in [-0.15, -0.1) is 0 Å². The normalized spacial score (nSPS) is 16.7. The van der Waals surface area contributed by atoms with Gasteiger partial charge in [0, 0.05) is 5.56 Å². The number of benzene rings is 1. The lowest BCUT2D eigenvalue weighted by Crippen LogP contribution is -2.18. The van der Waals surface area contributed by atoms with E-state index in [-0.39, 0.29) is 16.0 Å². The lowest BCUT2D eigenvalue weighted by Gasteiger charge is -2.15. The van der Waals surface area contributed by atoms with Crippen molar-refractivity contribution in [2.45, 2.75) is 18.8 Å². The van der Waals surface area contributed by atoms with Crippen LogP contribution in [0.2, 0.25) is 0 Å². The molecule has 0 heterocycles. The van der Waals surface area contributed by atoms with Gasteiger partial charge < -0.3 is 4.74 Å². The van der Waals surface area contributed by atoms with Crippen molar-refractivity contribution in [3.8, 4) is 0 Å². The largest absolute Gasteiger partial charge is 0.469 e. The molecule has 2 rings (SSSR count). The molecule has 0 aromatic heterocycles. The molecule has 1 saturated carbocycles. The third-order valence-corrected chi connectivity index (χ3v) is 3.53. The van der Waals surface area contributed by atoms with Gasteiger partial charge in [-0.2, -0.15) is 0 Å². The number of hydrogen-bond acceptors (Lipinski definition) is 2. The fraction of sp³-hybridized carbons (Fsp3) is 0.417. The Morgan fingerprint density at radius 2 is 2.06 bits per heavy atom. The first-order valence-electron chi connectivity index (χ1n) is 5.27. The van der Waals surface area contributed by atoms with Gasteiger partial charge in [-0.05, 0) is 46.8 Å². The zero-order chi connectivity index (χ0) is 12.6. The van der Waals surface area contributed by atoms with Crippen LogP contribution in [-0.4, -0.2) is 13.1 Å². The number of ether oxygens (including phenoxy) is 1. The van der Waals surface area contributed by atoms with E-state index < -0.39 is 23.5 Å². The van der Waals surface area contributed by atoms with E-state index in [2.05, 4.69) is 20.7 Å². The molecule has 0 bridgehead atoms. The van der Waals surface area contributed by atoms with Crippen LogP contribution in [0.3, 0.4) is 0 Å². The summed E-state index contributed by atoms with van der Waals surface area (Å²) in [7, 11) is 1.25. The Hall–Kier alpha value is -0.970. The van der Waals surface area contributed by atoms with Crippen LogP contribution in [0.15, 0.2) is 16.6 Å². The molecule has 0 amide bonds. The molecular weight excluding hydrogens is 294 g/mol. The van der Waals surface area contributed by atoms with Gasteiger partial charge in [-0.3, -0.25) is 4.79 Å². The molecule has 92 valence electrons. The van der Waals surface area contributed by atoms with Crippen molar-refractivity contribution in [1.29, 1.82) is 0 Å². The molecule has 0 spiro atoms. The molecule has 1 aromatic rings. The smallest absolute Gasteiger partial charge is 0.313 e. The van der Waals surface area contributed by atoms with Gasteiger partial charge in [-0.1, -0.05) is 0 Å². The molecule has 1 aromatic carbocycles. The lowest BCUT2D eigenvalue weighted by atomic mass is 9.93. The average Bonchev–Trinajstić information content (AvgIpc) is 3.09. The molecule has 1 aliphatic carbocycles. The minimum absolute atomic E-state index is 0.0539. The highest BCUT2D eigenvalue weighted by Gasteiger charge is 2.39. The van der Waals surface area contributed by atoms with E-state index >= 15 is 0 Å². The van der Waals surface area contributed by atoms with Crippen molar-refractivity contribution in [2.75, 3.05) is 7.11 Å². The number of methoxy groups -OCH3 is 1. The zero-order valence-corrected chi connectivity index (χ0v) is 10.8. The van der Waals surface area contributed by atoms with E-state index in [1.165, 1.54) is 7.11 Å². The maximum Gasteiger partial charge on any atom is 0.313 e. The van der Waals surface area contributed by atoms with Crippen LogP contribution in [0.25, 0.3) is 0 Å². The molecule has 0 saturated heterocycles. The third-order valence-electron chi connectivity index (χ3n) is 2.92. The van der Waals surface area contributed by atoms with E-state index in [1.807, 2.05) is 0 Å². The summed E-state index contributed by atoms with van der Waals surface area (Å²) in [5, 5.41) is 0. The van der Waals surface area contributed by atoms with Crippen LogP contribution in [0.5, 0.6) is 0 Å². The predicted octanol–water partition coefficient (Wildman–Crippen LogP) is 3.39. The second kappa shape index (κ2) is 4.72. The average molecular weight is 305 g/mol. The fourth-order valence-electron chi connectivity index (χ4n) is 1.91. The molecule has 5 heteroatoms. The summed E-state index contributed by atoms with van der Waals surface area (Å²) in [6.07, 6.45) is 1.69. The Bertz CT molecular complexity index is 458. The molecule has 17 heavy (non-hydrogen) atoms. The Morgan fingerprint density at radius 3 is 2.59 bits per heavy atom. The fourth-order valence-corrected chi connectivity index (χ4v) is 2.22. The number of carbonyl (C=O) groups excluding carboxylic acids is 1. The Labute approximate surface area is 106 Å². The quantitative estimate of drug-likeness (QED) is 0.632. The van der Waals surface area contributed by atoms with Gasteiger partial charge in [0.25, 0.3) is 0 Å². The first-order chi connectivity index (χ1) is 8.04. The van der Waals surface area contributed by atoms with Gasteiger partial charge in [0.1, 0.15) is 11.6 Å². The van der Waals surface area contributed by atoms with E-state index in [4.69, 9.17) is 0 Å². The van der Waals surface area contributed by atoms with E-state index in [0.717, 1.165) is 25.0 Å². The van der Waals surface area contributed by atoms with Crippen molar-refractivity contribution in [3.05, 3.63) is 33.8 Å². The van der Waals surface area contributed by atoms with Crippen molar-refractivity contribution in [3.63, 3.8) is 0 Å². The Balaban J connectivity index is 2.42. The summed E-state index contributed by atoms with van der Waals surface area (Å²) < 4.78 is 31.9. The Kier molecular flexibility index (Phi) is 3.47. The number of esters is 1. The lowest BCUT2D eigenvalue weighted by molar-refractivity contribution is -0.143. The number of rotatable bonds is 3. The molecule has 2 nitrogen and oxygen atoms in total. The highest BCUT2D eigenvalue weighted by atomic mass is 79.9. The molecule has 0 radical (unpaired) electrons. The topological polar surface area (TPSA) is 26.3 Å². The van der Waals surface area contributed by atoms with Gasteiger partial charge in [0.15, 0.2) is 0 Å². The van der Waals surface area contributed by atoms with Crippen LogP contribution in [0.4, 0.5) is 8.78 Å². The van der Waals surface area contributed by atoms with Crippen LogP contribution >= 0.6 is 15.9 Å². The number of halogens is 3. The predicted molar refractivity (Wildman–Crippen MR) is 61.5 cm³/mol. The first kappa shape index (κ1) is 12.5. The van der Waals surface area contributed by atoms with Crippen LogP contribution in [-0.2, 0) is 9.53 Å². The molecule has 0 aliphatic heterocycles. The number of carbonyl (C=O) groups is 1. The van der Waals surface area contributed by atoms with Gasteiger partial charge in [-0.25, -0.2) is 8.78 Å². The van der Waals surface area contributed by atoms with Gasteiger partial charge >= 0.3 is 5.97 Å². The minimum atomic E-state index is -0.692. The van der Waals surface area contributed by atoms with Crippen molar-refractivity contribution < 1.29 is 18.3 Å². The maximum atomic E-state index is 13.8. The standard InChI is InChI=1S/C12H11BrF2O2/c1-17-12(16)11(6-2-3-6)7-4-10(15)8(13)5-9(7)14/h4-6,11H,2-3H2,1H3. The maximum absolute atomic E-state index is 13.8. The van der Waals surface area contributed by atoms with Crippen LogP contribution in [0, 0.1) is 17.6 Å². The highest BCUT2D eigenvalue weighted by Crippen LogP contribution is 2.44. The summed E-state index contributed by atoms with van der Waals surface area (Å²) in [6.45, 7) is 0. The summed E-state index contributed by atoms with van der Waals surface area (Å²) in [4.78, 5) is 11.6.